The van der Waals surface area contributed by atoms with E-state index in [1.165, 1.54) is 0 Å². The summed E-state index contributed by atoms with van der Waals surface area (Å²) in [5, 5.41) is 0. The maximum atomic E-state index is 5.57. The molecule has 1 aromatic rings. The normalized spacial score (nSPS) is 19.1. The molecule has 16 heavy (non-hydrogen) atoms. The molecule has 0 atom stereocenters. The fourth-order valence-corrected chi connectivity index (χ4v) is 1.92. The fourth-order valence-electron chi connectivity index (χ4n) is 1.92. The summed E-state index contributed by atoms with van der Waals surface area (Å²) in [6.45, 7) is 2.46. The molecule has 0 fully saturated rings. The maximum Gasteiger partial charge on any atom is 0.216 e. The van der Waals surface area contributed by atoms with Crippen LogP contribution in [0.3, 0.4) is 0 Å². The Bertz CT molecular complexity index is 428. The van der Waals surface area contributed by atoms with E-state index >= 15 is 0 Å². The summed E-state index contributed by atoms with van der Waals surface area (Å²) in [7, 11) is 0. The van der Waals surface area contributed by atoms with Crippen LogP contribution >= 0.6 is 0 Å². The van der Waals surface area contributed by atoms with Gasteiger partial charge in [0, 0.05) is 24.1 Å². The van der Waals surface area contributed by atoms with E-state index in [0.717, 1.165) is 42.3 Å². The van der Waals surface area contributed by atoms with E-state index < -0.39 is 0 Å². The molecule has 0 radical (unpaired) electrons. The maximum absolute atomic E-state index is 5.57. The van der Waals surface area contributed by atoms with Crippen LogP contribution in [0.5, 0.6) is 5.75 Å². The minimum atomic E-state index is 0.323. The molecule has 4 heteroatoms. The Labute approximate surface area is 93.8 Å². The van der Waals surface area contributed by atoms with Gasteiger partial charge >= 0.3 is 0 Å². The molecule has 0 unspecified atom stereocenters. The number of ether oxygens (including phenoxy) is 3. The van der Waals surface area contributed by atoms with Gasteiger partial charge in [-0.2, -0.15) is 0 Å². The van der Waals surface area contributed by atoms with Crippen LogP contribution in [0.4, 0.5) is 0 Å². The van der Waals surface area contributed by atoms with Gasteiger partial charge < -0.3 is 14.2 Å². The third kappa shape index (κ3) is 1.65. The van der Waals surface area contributed by atoms with E-state index in [4.69, 9.17) is 14.2 Å². The van der Waals surface area contributed by atoms with Crippen molar-refractivity contribution in [2.24, 2.45) is 4.99 Å². The molecule has 0 spiro atoms. The molecular weight excluding hydrogens is 206 g/mol. The molecule has 1 aromatic carbocycles. The Morgan fingerprint density at radius 3 is 3.06 bits per heavy atom. The van der Waals surface area contributed by atoms with Gasteiger partial charge in [0.25, 0.3) is 0 Å². The molecule has 0 aromatic heterocycles. The first-order valence-corrected chi connectivity index (χ1v) is 5.45. The van der Waals surface area contributed by atoms with Gasteiger partial charge in [0.05, 0.1) is 13.2 Å². The lowest BCUT2D eigenvalue weighted by Gasteiger charge is -2.22. The van der Waals surface area contributed by atoms with Gasteiger partial charge in [-0.25, -0.2) is 0 Å². The van der Waals surface area contributed by atoms with Crippen LogP contribution in [0.15, 0.2) is 23.2 Å². The van der Waals surface area contributed by atoms with Crippen molar-refractivity contribution in [2.75, 3.05) is 19.9 Å². The highest BCUT2D eigenvalue weighted by atomic mass is 16.7. The van der Waals surface area contributed by atoms with Gasteiger partial charge in [-0.3, -0.25) is 4.99 Å². The highest BCUT2D eigenvalue weighted by Gasteiger charge is 2.19. The number of aliphatic imine (C=N–C) groups is 1. The lowest BCUT2D eigenvalue weighted by atomic mass is 10.1. The predicted molar refractivity (Wildman–Crippen MR) is 58.7 cm³/mol. The zero-order chi connectivity index (χ0) is 10.8. The zero-order valence-electron chi connectivity index (χ0n) is 8.94. The second kappa shape index (κ2) is 4.14. The van der Waals surface area contributed by atoms with E-state index in [2.05, 4.69) is 4.99 Å². The van der Waals surface area contributed by atoms with Crippen molar-refractivity contribution in [3.8, 4) is 5.75 Å². The van der Waals surface area contributed by atoms with Gasteiger partial charge in [-0.1, -0.05) is 6.07 Å². The van der Waals surface area contributed by atoms with Crippen LogP contribution in [-0.4, -0.2) is 25.8 Å². The molecule has 2 aliphatic rings. The van der Waals surface area contributed by atoms with Crippen molar-refractivity contribution in [1.82, 2.24) is 0 Å². The van der Waals surface area contributed by atoms with Crippen molar-refractivity contribution in [3.05, 3.63) is 29.3 Å². The van der Waals surface area contributed by atoms with Gasteiger partial charge in [-0.15, -0.1) is 0 Å². The first-order valence-electron chi connectivity index (χ1n) is 5.45. The molecule has 84 valence electrons. The van der Waals surface area contributed by atoms with E-state index in [1.54, 1.807) is 0 Å². The van der Waals surface area contributed by atoms with Gasteiger partial charge in [0.1, 0.15) is 5.75 Å². The number of hydrogen-bond acceptors (Lipinski definition) is 4. The van der Waals surface area contributed by atoms with Gasteiger partial charge in [0.2, 0.25) is 5.90 Å². The van der Waals surface area contributed by atoms with Gasteiger partial charge in [-0.05, 0) is 12.1 Å². The SMILES string of the molecule is c1cc2c(c(C3=NCCCO3)c1)COCO2. The molecule has 0 saturated heterocycles. The Morgan fingerprint density at radius 2 is 2.19 bits per heavy atom. The van der Waals surface area contributed by atoms with Crippen LogP contribution in [0, 0.1) is 0 Å². The van der Waals surface area contributed by atoms with Crippen LogP contribution in [-0.2, 0) is 16.1 Å². The van der Waals surface area contributed by atoms with E-state index in [0.29, 0.717) is 13.4 Å². The molecule has 3 rings (SSSR count). The first-order chi connectivity index (χ1) is 7.95. The van der Waals surface area contributed by atoms with Crippen LogP contribution in [0.25, 0.3) is 0 Å². The second-order valence-electron chi connectivity index (χ2n) is 3.78. The summed E-state index contributed by atoms with van der Waals surface area (Å²) < 4.78 is 16.3. The summed E-state index contributed by atoms with van der Waals surface area (Å²) >= 11 is 0. The molecule has 2 heterocycles. The van der Waals surface area contributed by atoms with Crippen molar-refractivity contribution >= 4 is 5.90 Å². The number of benzene rings is 1. The standard InChI is InChI=1S/C12H13NO3/c1-3-9(12-13-5-2-6-15-12)10-7-14-8-16-11(10)4-1/h1,3-4H,2,5-8H2. The Balaban J connectivity index is 2.03. The molecular formula is C12H13NO3. The Hall–Kier alpha value is -1.55. The molecule has 4 nitrogen and oxygen atoms in total. The second-order valence-corrected chi connectivity index (χ2v) is 3.78. The lowest BCUT2D eigenvalue weighted by Crippen LogP contribution is -2.20. The molecule has 0 aliphatic carbocycles. The molecule has 0 N–H and O–H groups in total. The highest BCUT2D eigenvalue weighted by molar-refractivity contribution is 5.96. The van der Waals surface area contributed by atoms with E-state index in [9.17, 15) is 0 Å². The van der Waals surface area contributed by atoms with Crippen molar-refractivity contribution in [1.29, 1.82) is 0 Å². The van der Waals surface area contributed by atoms with Crippen molar-refractivity contribution in [2.45, 2.75) is 13.0 Å². The van der Waals surface area contributed by atoms with Crippen molar-refractivity contribution in [3.63, 3.8) is 0 Å². The number of fused-ring (bicyclic) bond motifs is 1. The van der Waals surface area contributed by atoms with E-state index in [-0.39, 0.29) is 0 Å². The highest BCUT2D eigenvalue weighted by Crippen LogP contribution is 2.27. The summed E-state index contributed by atoms with van der Waals surface area (Å²) in [5.41, 5.74) is 2.03. The number of nitrogens with zero attached hydrogens (tertiary/aromatic N) is 1. The number of hydrogen-bond donors (Lipinski definition) is 0. The third-order valence-electron chi connectivity index (χ3n) is 2.70. The topological polar surface area (TPSA) is 40.0 Å². The monoisotopic (exact) mass is 219 g/mol. The van der Waals surface area contributed by atoms with Gasteiger partial charge in [0.15, 0.2) is 6.79 Å². The Kier molecular flexibility index (Phi) is 2.50. The molecule has 0 saturated carbocycles. The minimum Gasteiger partial charge on any atom is -0.477 e. The molecule has 2 aliphatic heterocycles. The average molecular weight is 219 g/mol. The quantitative estimate of drug-likeness (QED) is 0.722. The predicted octanol–water partition coefficient (Wildman–Crippen LogP) is 1.72. The lowest BCUT2D eigenvalue weighted by molar-refractivity contribution is -0.0165. The van der Waals surface area contributed by atoms with E-state index in [1.807, 2.05) is 18.2 Å². The zero-order valence-corrected chi connectivity index (χ0v) is 8.94. The number of rotatable bonds is 1. The third-order valence-corrected chi connectivity index (χ3v) is 2.70. The summed E-state index contributed by atoms with van der Waals surface area (Å²) in [6.07, 6.45) is 0.992. The van der Waals surface area contributed by atoms with Crippen LogP contribution < -0.4 is 4.74 Å². The molecule has 0 amide bonds. The first kappa shape index (κ1) is 9.66. The summed E-state index contributed by atoms with van der Waals surface area (Å²) in [6, 6.07) is 5.91. The summed E-state index contributed by atoms with van der Waals surface area (Å²) in [5.74, 6) is 1.60. The average Bonchev–Trinajstić information content (AvgIpc) is 2.39. The summed E-state index contributed by atoms with van der Waals surface area (Å²) in [4.78, 5) is 4.39. The fraction of sp³-hybridized carbons (Fsp3) is 0.417. The van der Waals surface area contributed by atoms with Crippen LogP contribution in [0.2, 0.25) is 0 Å². The Morgan fingerprint density at radius 1 is 1.19 bits per heavy atom. The van der Waals surface area contributed by atoms with Crippen molar-refractivity contribution < 1.29 is 14.2 Å². The van der Waals surface area contributed by atoms with Crippen LogP contribution in [0.1, 0.15) is 17.5 Å². The smallest absolute Gasteiger partial charge is 0.216 e. The molecule has 0 bridgehead atoms. The minimum absolute atomic E-state index is 0.323. The largest absolute Gasteiger partial charge is 0.477 e.